The van der Waals surface area contributed by atoms with Crippen molar-refractivity contribution in [1.29, 1.82) is 0 Å². The third-order valence-corrected chi connectivity index (χ3v) is 3.89. The van der Waals surface area contributed by atoms with E-state index in [1.807, 2.05) is 12.1 Å². The van der Waals surface area contributed by atoms with Gasteiger partial charge in [0.05, 0.1) is 9.82 Å². The Morgan fingerprint density at radius 3 is 3.00 bits per heavy atom. The molecule has 1 N–H and O–H groups in total. The van der Waals surface area contributed by atoms with E-state index in [1.54, 1.807) is 23.9 Å². The fourth-order valence-corrected chi connectivity index (χ4v) is 2.95. The molecule has 0 saturated carbocycles. The zero-order valence-electron chi connectivity index (χ0n) is 8.89. The van der Waals surface area contributed by atoms with Crippen LogP contribution in [0.1, 0.15) is 12.8 Å². The van der Waals surface area contributed by atoms with Gasteiger partial charge in [-0.15, -0.1) is 11.8 Å². The fourth-order valence-electron chi connectivity index (χ4n) is 1.82. The summed E-state index contributed by atoms with van der Waals surface area (Å²) in [6, 6.07) is 7.43. The molecule has 86 valence electrons. The van der Waals surface area contributed by atoms with E-state index >= 15 is 0 Å². The Morgan fingerprint density at radius 2 is 2.31 bits per heavy atom. The number of benzene rings is 1. The molecule has 0 spiro atoms. The minimum Gasteiger partial charge on any atom is -0.313 e. The van der Waals surface area contributed by atoms with Crippen molar-refractivity contribution in [3.05, 3.63) is 34.4 Å². The van der Waals surface area contributed by atoms with Crippen LogP contribution in [0.25, 0.3) is 0 Å². The molecule has 5 heteroatoms. The summed E-state index contributed by atoms with van der Waals surface area (Å²) >= 11 is 1.57. The van der Waals surface area contributed by atoms with Crippen LogP contribution in [0.5, 0.6) is 0 Å². The maximum Gasteiger partial charge on any atom is 0.282 e. The molecule has 1 atom stereocenters. The summed E-state index contributed by atoms with van der Waals surface area (Å²) in [6.45, 7) is 1.07. The molecule has 1 unspecified atom stereocenters. The summed E-state index contributed by atoms with van der Waals surface area (Å²) in [4.78, 5) is 11.2. The Kier molecular flexibility index (Phi) is 3.79. The van der Waals surface area contributed by atoms with Gasteiger partial charge in [0, 0.05) is 17.9 Å². The summed E-state index contributed by atoms with van der Waals surface area (Å²) in [5.41, 5.74) is 0.213. The summed E-state index contributed by atoms with van der Waals surface area (Å²) in [6.07, 6.45) is 2.38. The van der Waals surface area contributed by atoms with E-state index < -0.39 is 0 Å². The molecular weight excluding hydrogens is 224 g/mol. The largest absolute Gasteiger partial charge is 0.313 e. The predicted molar refractivity (Wildman–Crippen MR) is 64.8 cm³/mol. The number of hydrogen-bond acceptors (Lipinski definition) is 4. The van der Waals surface area contributed by atoms with Crippen molar-refractivity contribution < 1.29 is 4.92 Å². The Morgan fingerprint density at radius 1 is 1.50 bits per heavy atom. The third kappa shape index (κ3) is 2.74. The van der Waals surface area contributed by atoms with Crippen molar-refractivity contribution >= 4 is 17.4 Å². The predicted octanol–water partition coefficient (Wildman–Crippen LogP) is 2.44. The first-order valence-corrected chi connectivity index (χ1v) is 6.35. The lowest BCUT2D eigenvalue weighted by molar-refractivity contribution is -0.387. The fraction of sp³-hybridized carbons (Fsp3) is 0.455. The molecule has 1 aliphatic heterocycles. The van der Waals surface area contributed by atoms with Crippen LogP contribution in [-0.2, 0) is 0 Å². The van der Waals surface area contributed by atoms with E-state index in [9.17, 15) is 10.1 Å². The summed E-state index contributed by atoms with van der Waals surface area (Å²) in [5.74, 6) is 0.908. The quantitative estimate of drug-likeness (QED) is 0.497. The number of hydrogen-bond donors (Lipinski definition) is 1. The molecule has 1 aliphatic rings. The molecule has 1 saturated heterocycles. The van der Waals surface area contributed by atoms with Crippen LogP contribution >= 0.6 is 11.8 Å². The van der Waals surface area contributed by atoms with E-state index in [0.717, 1.165) is 17.2 Å². The smallest absolute Gasteiger partial charge is 0.282 e. The molecular formula is C11H14N2O2S. The lowest BCUT2D eigenvalue weighted by atomic mass is 10.3. The zero-order valence-corrected chi connectivity index (χ0v) is 9.70. The average molecular weight is 238 g/mol. The zero-order chi connectivity index (χ0) is 11.4. The minimum atomic E-state index is -0.315. The second-order valence-electron chi connectivity index (χ2n) is 3.83. The van der Waals surface area contributed by atoms with Gasteiger partial charge in [0.15, 0.2) is 0 Å². The van der Waals surface area contributed by atoms with Crippen LogP contribution in [0.15, 0.2) is 29.2 Å². The number of nitro benzene ring substituents is 1. The maximum atomic E-state index is 10.8. The average Bonchev–Trinajstić information content (AvgIpc) is 2.79. The minimum absolute atomic E-state index is 0.213. The Labute approximate surface area is 98.6 Å². The monoisotopic (exact) mass is 238 g/mol. The molecule has 4 nitrogen and oxygen atoms in total. The summed E-state index contributed by atoms with van der Waals surface area (Å²) < 4.78 is 0. The highest BCUT2D eigenvalue weighted by molar-refractivity contribution is 7.99. The number of nitrogens with zero attached hydrogens (tertiary/aromatic N) is 1. The van der Waals surface area contributed by atoms with Gasteiger partial charge in [-0.25, -0.2) is 0 Å². The third-order valence-electron chi connectivity index (χ3n) is 2.66. The summed E-state index contributed by atoms with van der Waals surface area (Å²) in [5, 5.41) is 14.2. The van der Waals surface area contributed by atoms with Crippen molar-refractivity contribution in [2.45, 2.75) is 23.8 Å². The molecule has 1 heterocycles. The van der Waals surface area contributed by atoms with Crippen LogP contribution in [0.4, 0.5) is 5.69 Å². The van der Waals surface area contributed by atoms with Crippen molar-refractivity contribution in [2.24, 2.45) is 0 Å². The van der Waals surface area contributed by atoms with Crippen LogP contribution in [0, 0.1) is 10.1 Å². The first-order chi connectivity index (χ1) is 7.77. The first kappa shape index (κ1) is 11.4. The van der Waals surface area contributed by atoms with Gasteiger partial charge in [0.25, 0.3) is 5.69 Å². The number of thioether (sulfide) groups is 1. The van der Waals surface area contributed by atoms with Gasteiger partial charge in [-0.2, -0.15) is 0 Å². The van der Waals surface area contributed by atoms with Crippen molar-refractivity contribution in [2.75, 3.05) is 12.3 Å². The Bertz CT molecular complexity index is 378. The number of nitro groups is 1. The second kappa shape index (κ2) is 5.32. The molecule has 1 aromatic carbocycles. The first-order valence-electron chi connectivity index (χ1n) is 5.37. The molecule has 0 amide bonds. The normalized spacial score (nSPS) is 19.9. The molecule has 1 fully saturated rings. The van der Waals surface area contributed by atoms with E-state index in [-0.39, 0.29) is 10.6 Å². The highest BCUT2D eigenvalue weighted by Crippen LogP contribution is 2.29. The topological polar surface area (TPSA) is 55.2 Å². The van der Waals surface area contributed by atoms with E-state index in [1.165, 1.54) is 12.8 Å². The summed E-state index contributed by atoms with van der Waals surface area (Å²) in [7, 11) is 0. The lowest BCUT2D eigenvalue weighted by Crippen LogP contribution is -2.23. The van der Waals surface area contributed by atoms with Crippen molar-refractivity contribution in [1.82, 2.24) is 5.32 Å². The second-order valence-corrected chi connectivity index (χ2v) is 4.89. The highest BCUT2D eigenvalue weighted by atomic mass is 32.2. The van der Waals surface area contributed by atoms with Crippen LogP contribution in [0.2, 0.25) is 0 Å². The van der Waals surface area contributed by atoms with Crippen LogP contribution in [-0.4, -0.2) is 23.3 Å². The van der Waals surface area contributed by atoms with E-state index in [2.05, 4.69) is 5.32 Å². The molecule has 1 aromatic rings. The van der Waals surface area contributed by atoms with Crippen LogP contribution in [0.3, 0.4) is 0 Å². The van der Waals surface area contributed by atoms with Gasteiger partial charge in [-0.3, -0.25) is 10.1 Å². The SMILES string of the molecule is O=[N+]([O-])c1ccccc1SCC1CCCN1. The Balaban J connectivity index is 2.00. The molecule has 16 heavy (non-hydrogen) atoms. The number of nitrogens with one attached hydrogen (secondary N) is 1. The Hall–Kier alpha value is -1.07. The highest BCUT2D eigenvalue weighted by Gasteiger charge is 2.17. The van der Waals surface area contributed by atoms with Gasteiger partial charge in [0.2, 0.25) is 0 Å². The lowest BCUT2D eigenvalue weighted by Gasteiger charge is -2.09. The van der Waals surface area contributed by atoms with Gasteiger partial charge in [-0.1, -0.05) is 12.1 Å². The van der Waals surface area contributed by atoms with Gasteiger partial charge >= 0.3 is 0 Å². The van der Waals surface area contributed by atoms with Crippen molar-refractivity contribution in [3.8, 4) is 0 Å². The standard InChI is InChI=1S/C11H14N2O2S/c14-13(15)10-5-1-2-6-11(10)16-8-9-4-3-7-12-9/h1-2,5-6,9,12H,3-4,7-8H2. The van der Waals surface area contributed by atoms with Gasteiger partial charge in [-0.05, 0) is 25.5 Å². The van der Waals surface area contributed by atoms with E-state index in [4.69, 9.17) is 0 Å². The molecule has 0 aromatic heterocycles. The van der Waals surface area contributed by atoms with E-state index in [0.29, 0.717) is 6.04 Å². The van der Waals surface area contributed by atoms with Gasteiger partial charge in [0.1, 0.15) is 0 Å². The number of rotatable bonds is 4. The van der Waals surface area contributed by atoms with Crippen LogP contribution < -0.4 is 5.32 Å². The van der Waals surface area contributed by atoms with Crippen molar-refractivity contribution in [3.63, 3.8) is 0 Å². The maximum absolute atomic E-state index is 10.8. The number of para-hydroxylation sites is 1. The molecule has 0 aliphatic carbocycles. The van der Waals surface area contributed by atoms with Gasteiger partial charge < -0.3 is 5.32 Å². The molecule has 0 bridgehead atoms. The molecule has 2 rings (SSSR count). The molecule has 0 radical (unpaired) electrons.